The van der Waals surface area contributed by atoms with Crippen molar-refractivity contribution in [2.24, 2.45) is 0 Å². The molecule has 10 rings (SSSR count). The number of nitrogens with zero attached hydrogens (tertiary/aromatic N) is 5. The van der Waals surface area contributed by atoms with Crippen LogP contribution in [0.15, 0.2) is 144 Å². The Kier molecular flexibility index (Phi) is 6.24. The third-order valence-corrected chi connectivity index (χ3v) is 10.0. The minimum absolute atomic E-state index is 0.0434. The van der Waals surface area contributed by atoms with E-state index in [1.165, 1.54) is 0 Å². The molecule has 0 spiro atoms. The zero-order chi connectivity index (χ0) is 34.3. The second-order valence-corrected chi connectivity index (χ2v) is 13.5. The molecule has 9 aromatic rings. The van der Waals surface area contributed by atoms with Gasteiger partial charge in [-0.2, -0.15) is 0 Å². The van der Waals surface area contributed by atoms with Gasteiger partial charge in [-0.15, -0.1) is 0 Å². The molecule has 4 heterocycles. The number of carbonyl (C=O) groups excluding carboxylic acids is 1. The summed E-state index contributed by atoms with van der Waals surface area (Å²) in [5, 5.41) is 1.89. The fraction of sp³-hybridized carbons (Fsp3) is 0.0682. The van der Waals surface area contributed by atoms with Crippen LogP contribution in [0.2, 0.25) is 0 Å². The highest BCUT2D eigenvalue weighted by molar-refractivity contribution is 6.13. The second kappa shape index (κ2) is 10.9. The molecular formula is C44H29N5O2. The van der Waals surface area contributed by atoms with Crippen molar-refractivity contribution in [1.29, 1.82) is 0 Å². The minimum Gasteiger partial charge on any atom is -0.456 e. The van der Waals surface area contributed by atoms with Gasteiger partial charge < -0.3 is 4.42 Å². The molecule has 7 heteroatoms. The Bertz CT molecular complexity index is 2790. The summed E-state index contributed by atoms with van der Waals surface area (Å²) in [6, 6.07) is 46.2. The van der Waals surface area contributed by atoms with Crippen LogP contribution >= 0.6 is 0 Å². The number of fused-ring (bicyclic) bond motifs is 7. The molecule has 0 amide bonds. The van der Waals surface area contributed by atoms with Gasteiger partial charge in [0.2, 0.25) is 0 Å². The summed E-state index contributed by atoms with van der Waals surface area (Å²) >= 11 is 0. The molecule has 0 atom stereocenters. The van der Waals surface area contributed by atoms with E-state index >= 15 is 0 Å². The predicted molar refractivity (Wildman–Crippen MR) is 200 cm³/mol. The third-order valence-electron chi connectivity index (χ3n) is 10.0. The molecule has 1 aliphatic heterocycles. The molecule has 0 bridgehead atoms. The number of rotatable bonds is 4. The molecule has 1 aliphatic rings. The Morgan fingerprint density at radius 2 is 1.18 bits per heavy atom. The van der Waals surface area contributed by atoms with Crippen LogP contribution in [0.5, 0.6) is 0 Å². The Hall–Kier alpha value is -6.73. The first-order valence-electron chi connectivity index (χ1n) is 16.9. The summed E-state index contributed by atoms with van der Waals surface area (Å²) < 4.78 is 8.18. The normalized spacial score (nSPS) is 13.5. The molecule has 6 aromatic carbocycles. The lowest BCUT2D eigenvalue weighted by atomic mass is 9.78. The summed E-state index contributed by atoms with van der Waals surface area (Å²) in [5.74, 6) is 2.48. The largest absolute Gasteiger partial charge is 0.456 e. The maximum absolute atomic E-state index is 13.7. The summed E-state index contributed by atoms with van der Waals surface area (Å²) in [6.45, 7) is 4.26. The molecule has 0 radical (unpaired) electrons. The van der Waals surface area contributed by atoms with Crippen molar-refractivity contribution >= 4 is 38.9 Å². The van der Waals surface area contributed by atoms with Crippen molar-refractivity contribution < 1.29 is 9.21 Å². The molecule has 3 aromatic heterocycles. The fourth-order valence-corrected chi connectivity index (χ4v) is 7.46. The first-order valence-corrected chi connectivity index (χ1v) is 16.9. The monoisotopic (exact) mass is 659 g/mol. The Labute approximate surface area is 292 Å². The zero-order valence-electron chi connectivity index (χ0n) is 27.8. The van der Waals surface area contributed by atoms with Gasteiger partial charge in [-0.05, 0) is 66.9 Å². The Balaban J connectivity index is 1.13. The van der Waals surface area contributed by atoms with Crippen LogP contribution < -0.4 is 0 Å². The highest BCUT2D eigenvalue weighted by Crippen LogP contribution is 2.42. The van der Waals surface area contributed by atoms with Crippen LogP contribution in [0.3, 0.4) is 0 Å². The summed E-state index contributed by atoms with van der Waals surface area (Å²) in [4.78, 5) is 33.7. The van der Waals surface area contributed by atoms with Gasteiger partial charge >= 0.3 is 0 Å². The molecule has 51 heavy (non-hydrogen) atoms. The number of aromatic nitrogens is 5. The van der Waals surface area contributed by atoms with Gasteiger partial charge in [0.05, 0.1) is 11.0 Å². The van der Waals surface area contributed by atoms with Gasteiger partial charge in [0.25, 0.3) is 5.91 Å². The molecule has 0 N–H and O–H groups in total. The first kappa shape index (κ1) is 29.2. The van der Waals surface area contributed by atoms with Gasteiger partial charge in [-0.3, -0.25) is 9.36 Å². The van der Waals surface area contributed by atoms with Crippen molar-refractivity contribution in [2.75, 3.05) is 0 Å². The Morgan fingerprint density at radius 3 is 1.92 bits per heavy atom. The van der Waals surface area contributed by atoms with E-state index in [-0.39, 0.29) is 5.91 Å². The van der Waals surface area contributed by atoms with E-state index in [4.69, 9.17) is 24.4 Å². The minimum atomic E-state index is -0.426. The van der Waals surface area contributed by atoms with Crippen LogP contribution in [-0.2, 0) is 5.41 Å². The smallest absolute Gasteiger partial charge is 0.264 e. The summed E-state index contributed by atoms with van der Waals surface area (Å²) in [5.41, 5.74) is 9.07. The van der Waals surface area contributed by atoms with E-state index in [1.807, 2.05) is 115 Å². The molecule has 0 saturated carbocycles. The number of hydrogen-bond donors (Lipinski definition) is 0. The van der Waals surface area contributed by atoms with Crippen molar-refractivity contribution in [2.45, 2.75) is 19.3 Å². The fourth-order valence-electron chi connectivity index (χ4n) is 7.46. The molecule has 0 fully saturated rings. The second-order valence-electron chi connectivity index (χ2n) is 13.5. The van der Waals surface area contributed by atoms with E-state index in [2.05, 4.69) is 38.1 Å². The quantitative estimate of drug-likeness (QED) is 0.187. The van der Waals surface area contributed by atoms with Crippen LogP contribution in [0.4, 0.5) is 0 Å². The Morgan fingerprint density at radius 1 is 0.549 bits per heavy atom. The summed E-state index contributed by atoms with van der Waals surface area (Å²) in [7, 11) is 0. The van der Waals surface area contributed by atoms with Gasteiger partial charge in [0.15, 0.2) is 17.5 Å². The average Bonchev–Trinajstić information content (AvgIpc) is 3.77. The van der Waals surface area contributed by atoms with E-state index in [0.717, 1.165) is 77.7 Å². The van der Waals surface area contributed by atoms with Crippen LogP contribution in [0.25, 0.3) is 78.3 Å². The lowest BCUT2D eigenvalue weighted by Gasteiger charge is -2.31. The predicted octanol–water partition coefficient (Wildman–Crippen LogP) is 10.1. The molecule has 0 aliphatic carbocycles. The molecular weight excluding hydrogens is 631 g/mol. The molecule has 7 nitrogen and oxygen atoms in total. The van der Waals surface area contributed by atoms with Crippen LogP contribution in [0.1, 0.15) is 35.6 Å². The maximum atomic E-state index is 13.7. The third kappa shape index (κ3) is 4.48. The van der Waals surface area contributed by atoms with Gasteiger partial charge in [0.1, 0.15) is 17.0 Å². The van der Waals surface area contributed by atoms with E-state index in [1.54, 1.807) is 4.57 Å². The number of carbonyl (C=O) groups is 1. The van der Waals surface area contributed by atoms with Crippen molar-refractivity contribution in [3.05, 3.63) is 156 Å². The van der Waals surface area contributed by atoms with E-state index < -0.39 is 5.41 Å². The highest BCUT2D eigenvalue weighted by Gasteiger charge is 2.39. The number of hydrogen-bond acceptors (Lipinski definition) is 6. The van der Waals surface area contributed by atoms with Crippen molar-refractivity contribution in [3.8, 4) is 45.3 Å². The molecule has 0 saturated heterocycles. The molecule has 242 valence electrons. The van der Waals surface area contributed by atoms with Gasteiger partial charge in [-0.25, -0.2) is 19.9 Å². The number of benzene rings is 6. The van der Waals surface area contributed by atoms with E-state index in [0.29, 0.717) is 17.5 Å². The van der Waals surface area contributed by atoms with Crippen LogP contribution in [0, 0.1) is 0 Å². The highest BCUT2D eigenvalue weighted by atomic mass is 16.3. The van der Waals surface area contributed by atoms with E-state index in [9.17, 15) is 4.79 Å². The lowest BCUT2D eigenvalue weighted by molar-refractivity contribution is 0.0948. The SMILES string of the molecule is CC1(C)c2ccccc2C(=O)n2c1nc1cc(-c3ccc4oc5cccc(-c6nc(-c7ccccc7)nc(-c7ccccc7)n6)c5c4c3)ccc12. The average molecular weight is 660 g/mol. The van der Waals surface area contributed by atoms with Gasteiger partial charge in [0, 0.05) is 38.4 Å². The van der Waals surface area contributed by atoms with Crippen LogP contribution in [-0.4, -0.2) is 30.4 Å². The first-order chi connectivity index (χ1) is 24.9. The van der Waals surface area contributed by atoms with Crippen molar-refractivity contribution in [1.82, 2.24) is 24.5 Å². The lowest BCUT2D eigenvalue weighted by Crippen LogP contribution is -2.35. The van der Waals surface area contributed by atoms with Crippen molar-refractivity contribution in [3.63, 3.8) is 0 Å². The number of furan rings is 1. The number of imidazole rings is 1. The topological polar surface area (TPSA) is 86.7 Å². The standard InChI is InChI=1S/C44H29N5O2/c1-44(2)33-18-10-9-16-30(33)42(50)49-35-22-20-29(25-34(35)45-43(44)49)28-21-23-36-32(24-28)38-31(17-11-19-37(38)51-36)41-47-39(26-12-5-3-6-13-26)46-40(48-41)27-14-7-4-8-15-27/h3-25H,1-2H3. The molecule has 0 unspecified atom stereocenters. The maximum Gasteiger partial charge on any atom is 0.264 e. The van der Waals surface area contributed by atoms with Gasteiger partial charge in [-0.1, -0.05) is 103 Å². The summed E-state index contributed by atoms with van der Waals surface area (Å²) in [6.07, 6.45) is 0. The zero-order valence-corrected chi connectivity index (χ0v) is 27.8.